The highest BCUT2D eigenvalue weighted by molar-refractivity contribution is 7.92. The van der Waals surface area contributed by atoms with Crippen molar-refractivity contribution in [3.63, 3.8) is 0 Å². The van der Waals surface area contributed by atoms with E-state index in [1.165, 1.54) is 18.2 Å². The fourth-order valence-electron chi connectivity index (χ4n) is 3.69. The van der Waals surface area contributed by atoms with E-state index >= 15 is 0 Å². The molecule has 0 saturated heterocycles. The van der Waals surface area contributed by atoms with Gasteiger partial charge >= 0.3 is 5.97 Å². The monoisotopic (exact) mass is 459 g/mol. The molecule has 1 aromatic heterocycles. The van der Waals surface area contributed by atoms with E-state index < -0.39 is 14.9 Å². The van der Waals surface area contributed by atoms with Gasteiger partial charge in [-0.25, -0.2) is 8.42 Å². The molecule has 1 N–H and O–H groups in total. The van der Waals surface area contributed by atoms with E-state index in [0.717, 1.165) is 22.2 Å². The second-order valence-corrected chi connectivity index (χ2v) is 9.24. The minimum atomic E-state index is -3.72. The normalized spacial score (nSPS) is 11.5. The van der Waals surface area contributed by atoms with E-state index in [9.17, 15) is 23.3 Å². The summed E-state index contributed by atoms with van der Waals surface area (Å²) in [7, 11) is -3.72. The molecular formula is C22H25N3O6S. The van der Waals surface area contributed by atoms with Crippen molar-refractivity contribution >= 4 is 38.3 Å². The van der Waals surface area contributed by atoms with Crippen LogP contribution in [0.2, 0.25) is 0 Å². The van der Waals surface area contributed by atoms with Gasteiger partial charge in [-0.3, -0.25) is 19.6 Å². The van der Waals surface area contributed by atoms with Crippen LogP contribution in [0.15, 0.2) is 42.5 Å². The molecule has 0 amide bonds. The Labute approximate surface area is 186 Å². The number of rotatable bonds is 9. The molecule has 2 aromatic carbocycles. The number of nitrogens with one attached hydrogen (secondary N) is 1. The lowest BCUT2D eigenvalue weighted by molar-refractivity contribution is -0.384. The van der Waals surface area contributed by atoms with Crippen LogP contribution in [0.5, 0.6) is 0 Å². The van der Waals surface area contributed by atoms with Gasteiger partial charge in [0, 0.05) is 28.7 Å². The maximum Gasteiger partial charge on any atom is 0.325 e. The largest absolute Gasteiger partial charge is 0.465 e. The molecule has 170 valence electrons. The number of esters is 1. The number of hydrogen-bond acceptors (Lipinski definition) is 6. The summed E-state index contributed by atoms with van der Waals surface area (Å²) in [6.45, 7) is 5.55. The molecule has 0 aliphatic rings. The third kappa shape index (κ3) is 5.08. The Hall–Kier alpha value is -3.40. The second kappa shape index (κ2) is 9.39. The number of anilines is 1. The van der Waals surface area contributed by atoms with Gasteiger partial charge < -0.3 is 9.30 Å². The van der Waals surface area contributed by atoms with E-state index in [0.29, 0.717) is 11.3 Å². The number of aryl methyl sites for hydroxylation is 2. The summed E-state index contributed by atoms with van der Waals surface area (Å²) in [5, 5.41) is 11.8. The lowest BCUT2D eigenvalue weighted by atomic mass is 10.1. The number of aromatic nitrogens is 1. The molecule has 0 spiro atoms. The first-order chi connectivity index (χ1) is 15.1. The number of nitrogens with zero attached hydrogens (tertiary/aromatic N) is 2. The summed E-state index contributed by atoms with van der Waals surface area (Å²) in [5.41, 5.74) is 3.15. The smallest absolute Gasteiger partial charge is 0.325 e. The zero-order valence-electron chi connectivity index (χ0n) is 18.1. The lowest BCUT2D eigenvalue weighted by Gasteiger charge is -2.11. The number of benzene rings is 2. The second-order valence-electron chi connectivity index (χ2n) is 7.40. The number of carbonyl (C=O) groups excluding carboxylic acids is 1. The first-order valence-corrected chi connectivity index (χ1v) is 11.8. The summed E-state index contributed by atoms with van der Waals surface area (Å²) in [4.78, 5) is 22.4. The minimum absolute atomic E-state index is 0.0488. The molecular weight excluding hydrogens is 434 g/mol. The number of nitro benzene ring substituents is 1. The standard InChI is InChI=1S/C22H25N3O6S/c1-4-31-22(26)14-24-16(3)18(19-7-5-6-8-21(19)24)11-12-32(29,30)23-20-10-9-17(25(27)28)13-15(20)2/h5-10,13,23H,4,11-12,14H2,1-3H3. The molecule has 0 saturated carbocycles. The minimum Gasteiger partial charge on any atom is -0.465 e. The number of carbonyl (C=O) groups is 1. The fourth-order valence-corrected chi connectivity index (χ4v) is 4.83. The van der Waals surface area contributed by atoms with E-state index in [1.807, 2.05) is 35.8 Å². The van der Waals surface area contributed by atoms with Crippen molar-refractivity contribution in [2.45, 2.75) is 33.7 Å². The average molecular weight is 460 g/mol. The maximum atomic E-state index is 12.7. The highest BCUT2D eigenvalue weighted by Gasteiger charge is 2.20. The van der Waals surface area contributed by atoms with Gasteiger partial charge in [0.05, 0.1) is 23.0 Å². The molecule has 0 fully saturated rings. The van der Waals surface area contributed by atoms with Crippen molar-refractivity contribution in [3.05, 3.63) is 69.4 Å². The van der Waals surface area contributed by atoms with Gasteiger partial charge in [-0.1, -0.05) is 18.2 Å². The lowest BCUT2D eigenvalue weighted by Crippen LogP contribution is -2.19. The summed E-state index contributed by atoms with van der Waals surface area (Å²) >= 11 is 0. The molecule has 0 atom stereocenters. The predicted octanol–water partition coefficient (Wildman–Crippen LogP) is 3.71. The number of hydrogen-bond donors (Lipinski definition) is 1. The van der Waals surface area contributed by atoms with Crippen molar-refractivity contribution in [1.82, 2.24) is 4.57 Å². The molecule has 0 unspecified atom stereocenters. The quantitative estimate of drug-likeness (QED) is 0.296. The van der Waals surface area contributed by atoms with Crippen LogP contribution in [0.4, 0.5) is 11.4 Å². The van der Waals surface area contributed by atoms with Crippen molar-refractivity contribution in [1.29, 1.82) is 0 Å². The third-order valence-corrected chi connectivity index (χ3v) is 6.53. The van der Waals surface area contributed by atoms with Crippen LogP contribution in [0.25, 0.3) is 10.9 Å². The molecule has 9 nitrogen and oxygen atoms in total. The number of para-hydroxylation sites is 1. The molecule has 3 aromatic rings. The van der Waals surface area contributed by atoms with E-state index in [4.69, 9.17) is 4.74 Å². The van der Waals surface area contributed by atoms with Gasteiger partial charge in [-0.2, -0.15) is 0 Å². The number of nitro groups is 1. The summed E-state index contributed by atoms with van der Waals surface area (Å²) in [6, 6.07) is 11.5. The van der Waals surface area contributed by atoms with E-state index in [-0.39, 0.29) is 37.0 Å². The summed E-state index contributed by atoms with van der Waals surface area (Å²) in [5.74, 6) is -0.539. The van der Waals surface area contributed by atoms with Gasteiger partial charge in [-0.05, 0) is 50.5 Å². The van der Waals surface area contributed by atoms with E-state index in [2.05, 4.69) is 4.72 Å². The van der Waals surface area contributed by atoms with Gasteiger partial charge in [0.25, 0.3) is 5.69 Å². The molecule has 0 aliphatic carbocycles. The maximum absolute atomic E-state index is 12.7. The zero-order valence-corrected chi connectivity index (χ0v) is 18.9. The summed E-state index contributed by atoms with van der Waals surface area (Å²) < 4.78 is 34.9. The number of ether oxygens (including phenoxy) is 1. The van der Waals surface area contributed by atoms with Crippen molar-refractivity contribution in [2.24, 2.45) is 0 Å². The zero-order chi connectivity index (χ0) is 23.5. The van der Waals surface area contributed by atoms with Gasteiger partial charge in [0.1, 0.15) is 6.54 Å². The number of fused-ring (bicyclic) bond motifs is 1. The Bertz CT molecular complexity index is 1280. The van der Waals surface area contributed by atoms with Crippen molar-refractivity contribution < 1.29 is 22.9 Å². The van der Waals surface area contributed by atoms with Crippen LogP contribution >= 0.6 is 0 Å². The topological polar surface area (TPSA) is 121 Å². The summed E-state index contributed by atoms with van der Waals surface area (Å²) in [6.07, 6.45) is 0.240. The van der Waals surface area contributed by atoms with Crippen LogP contribution in [-0.2, 0) is 32.5 Å². The van der Waals surface area contributed by atoms with Crippen molar-refractivity contribution in [2.75, 3.05) is 17.1 Å². The van der Waals surface area contributed by atoms with Crippen molar-refractivity contribution in [3.8, 4) is 0 Å². The van der Waals surface area contributed by atoms with Gasteiger partial charge in [-0.15, -0.1) is 0 Å². The Morgan fingerprint density at radius 2 is 1.91 bits per heavy atom. The van der Waals surface area contributed by atoms with Crippen LogP contribution in [-0.4, -0.2) is 36.2 Å². The molecule has 1 heterocycles. The predicted molar refractivity (Wildman–Crippen MR) is 122 cm³/mol. The molecule has 0 bridgehead atoms. The van der Waals surface area contributed by atoms with Gasteiger partial charge in [0.15, 0.2) is 0 Å². The molecule has 32 heavy (non-hydrogen) atoms. The Kier molecular flexibility index (Phi) is 6.83. The first kappa shape index (κ1) is 23.3. The third-order valence-electron chi connectivity index (χ3n) is 5.26. The molecule has 0 radical (unpaired) electrons. The van der Waals surface area contributed by atoms with Crippen LogP contribution in [0.3, 0.4) is 0 Å². The number of sulfonamides is 1. The van der Waals surface area contributed by atoms with Crippen LogP contribution in [0, 0.1) is 24.0 Å². The first-order valence-electron chi connectivity index (χ1n) is 10.1. The Morgan fingerprint density at radius 1 is 1.19 bits per heavy atom. The highest BCUT2D eigenvalue weighted by Crippen LogP contribution is 2.27. The Balaban J connectivity index is 1.83. The fraction of sp³-hybridized carbons (Fsp3) is 0.318. The van der Waals surface area contributed by atoms with E-state index in [1.54, 1.807) is 13.8 Å². The highest BCUT2D eigenvalue weighted by atomic mass is 32.2. The molecule has 3 rings (SSSR count). The molecule has 10 heteroatoms. The SMILES string of the molecule is CCOC(=O)Cn1c(C)c(CCS(=O)(=O)Nc2ccc([N+](=O)[O-])cc2C)c2ccccc21. The van der Waals surface area contributed by atoms with Crippen LogP contribution in [0.1, 0.15) is 23.7 Å². The molecule has 0 aliphatic heterocycles. The average Bonchev–Trinajstić information content (AvgIpc) is 2.99. The van der Waals surface area contributed by atoms with Crippen LogP contribution < -0.4 is 4.72 Å². The van der Waals surface area contributed by atoms with Gasteiger partial charge in [0.2, 0.25) is 10.0 Å². The Morgan fingerprint density at radius 3 is 2.56 bits per heavy atom. The number of non-ortho nitro benzene ring substituents is 1.